The quantitative estimate of drug-likeness (QED) is 0.845. The molecule has 0 heterocycles. The predicted octanol–water partition coefficient (Wildman–Crippen LogP) is 3.06. The lowest BCUT2D eigenvalue weighted by Gasteiger charge is -2.11. The van der Waals surface area contributed by atoms with Gasteiger partial charge in [-0.3, -0.25) is 4.79 Å². The van der Waals surface area contributed by atoms with E-state index in [4.69, 9.17) is 17.3 Å². The molecule has 0 radical (unpaired) electrons. The zero-order valence-electron chi connectivity index (χ0n) is 10.7. The standard InChI is InChI=1S/C13H19ClN2OS/c1-9(6-7-15)18-8-13(17)16-12-5-3-4-11(14)10(12)2/h3-5,9H,6-8,15H2,1-2H3,(H,16,17). The molecule has 1 aromatic carbocycles. The maximum atomic E-state index is 11.8. The Balaban J connectivity index is 2.47. The average Bonchev–Trinajstić information content (AvgIpc) is 2.33. The lowest BCUT2D eigenvalue weighted by Crippen LogP contribution is -2.17. The number of hydrogen-bond donors (Lipinski definition) is 2. The number of carbonyl (C=O) groups excluding carboxylic acids is 1. The molecule has 0 spiro atoms. The number of halogens is 1. The van der Waals surface area contributed by atoms with Gasteiger partial charge in [-0.05, 0) is 37.6 Å². The minimum absolute atomic E-state index is 0.00534. The normalized spacial score (nSPS) is 12.2. The van der Waals surface area contributed by atoms with E-state index in [9.17, 15) is 4.79 Å². The third-order valence-electron chi connectivity index (χ3n) is 2.61. The van der Waals surface area contributed by atoms with Gasteiger partial charge in [-0.1, -0.05) is 24.6 Å². The smallest absolute Gasteiger partial charge is 0.234 e. The van der Waals surface area contributed by atoms with Crippen LogP contribution in [0.5, 0.6) is 0 Å². The Labute approximate surface area is 117 Å². The molecule has 1 amide bonds. The highest BCUT2D eigenvalue weighted by Crippen LogP contribution is 2.23. The van der Waals surface area contributed by atoms with Gasteiger partial charge in [0.15, 0.2) is 0 Å². The van der Waals surface area contributed by atoms with E-state index in [1.54, 1.807) is 11.8 Å². The number of benzene rings is 1. The zero-order valence-corrected chi connectivity index (χ0v) is 12.3. The molecule has 0 aliphatic heterocycles. The van der Waals surface area contributed by atoms with Crippen molar-refractivity contribution in [3.63, 3.8) is 0 Å². The highest BCUT2D eigenvalue weighted by atomic mass is 35.5. The van der Waals surface area contributed by atoms with Gasteiger partial charge in [-0.15, -0.1) is 11.8 Å². The number of nitrogens with one attached hydrogen (secondary N) is 1. The first-order valence-electron chi connectivity index (χ1n) is 5.91. The van der Waals surface area contributed by atoms with Crippen molar-refractivity contribution >= 4 is 35.0 Å². The van der Waals surface area contributed by atoms with Gasteiger partial charge in [-0.2, -0.15) is 0 Å². The third-order valence-corrected chi connectivity index (χ3v) is 4.26. The third kappa shape index (κ3) is 4.88. The summed E-state index contributed by atoms with van der Waals surface area (Å²) in [6, 6.07) is 5.49. The van der Waals surface area contributed by atoms with E-state index in [1.165, 1.54) is 0 Å². The van der Waals surface area contributed by atoms with Crippen molar-refractivity contribution < 1.29 is 4.79 Å². The summed E-state index contributed by atoms with van der Waals surface area (Å²) in [6.07, 6.45) is 0.925. The second-order valence-corrected chi connectivity index (χ2v) is 5.99. The SMILES string of the molecule is Cc1c(Cl)cccc1NC(=O)CSC(C)CCN. The summed E-state index contributed by atoms with van der Waals surface area (Å²) in [5.74, 6) is 0.432. The molecule has 0 aromatic heterocycles. The summed E-state index contributed by atoms with van der Waals surface area (Å²) in [4.78, 5) is 11.8. The molecule has 1 atom stereocenters. The maximum absolute atomic E-state index is 11.8. The maximum Gasteiger partial charge on any atom is 0.234 e. The van der Waals surface area contributed by atoms with Gasteiger partial charge in [0.05, 0.1) is 5.75 Å². The Hall–Kier alpha value is -0.710. The van der Waals surface area contributed by atoms with E-state index in [1.807, 2.05) is 25.1 Å². The zero-order chi connectivity index (χ0) is 13.5. The lowest BCUT2D eigenvalue weighted by atomic mass is 10.2. The van der Waals surface area contributed by atoms with Gasteiger partial charge < -0.3 is 11.1 Å². The van der Waals surface area contributed by atoms with Crippen LogP contribution in [-0.4, -0.2) is 23.5 Å². The number of amides is 1. The van der Waals surface area contributed by atoms with Crippen molar-refractivity contribution in [2.75, 3.05) is 17.6 Å². The Morgan fingerprint density at radius 2 is 2.28 bits per heavy atom. The molecule has 0 saturated carbocycles. The molecule has 0 aliphatic carbocycles. The number of rotatable bonds is 6. The first-order chi connectivity index (χ1) is 8.54. The van der Waals surface area contributed by atoms with E-state index in [0.29, 0.717) is 22.6 Å². The van der Waals surface area contributed by atoms with Crippen LogP contribution in [0.25, 0.3) is 0 Å². The predicted molar refractivity (Wildman–Crippen MR) is 80.4 cm³/mol. The molecular weight excluding hydrogens is 268 g/mol. The minimum atomic E-state index is -0.00534. The fourth-order valence-electron chi connectivity index (χ4n) is 1.47. The largest absolute Gasteiger partial charge is 0.330 e. The van der Waals surface area contributed by atoms with Crippen LogP contribution in [0.2, 0.25) is 5.02 Å². The van der Waals surface area contributed by atoms with Crippen LogP contribution in [0.3, 0.4) is 0 Å². The topological polar surface area (TPSA) is 55.1 Å². The molecule has 1 rings (SSSR count). The Morgan fingerprint density at radius 1 is 1.56 bits per heavy atom. The molecule has 3 nitrogen and oxygen atoms in total. The van der Waals surface area contributed by atoms with Crippen molar-refractivity contribution in [1.29, 1.82) is 0 Å². The average molecular weight is 287 g/mol. The number of carbonyl (C=O) groups is 1. The summed E-state index contributed by atoms with van der Waals surface area (Å²) in [6.45, 7) is 4.63. The first-order valence-corrected chi connectivity index (χ1v) is 7.34. The molecule has 3 N–H and O–H groups in total. The molecule has 0 saturated heterocycles. The van der Waals surface area contributed by atoms with Crippen molar-refractivity contribution in [3.05, 3.63) is 28.8 Å². The van der Waals surface area contributed by atoms with E-state index >= 15 is 0 Å². The molecule has 100 valence electrons. The molecule has 1 aromatic rings. The number of thioether (sulfide) groups is 1. The molecule has 1 unspecified atom stereocenters. The number of anilines is 1. The van der Waals surface area contributed by atoms with E-state index < -0.39 is 0 Å². The molecule has 5 heteroatoms. The van der Waals surface area contributed by atoms with Crippen molar-refractivity contribution in [3.8, 4) is 0 Å². The summed E-state index contributed by atoms with van der Waals surface area (Å²) >= 11 is 7.61. The van der Waals surface area contributed by atoms with Crippen LogP contribution in [0.4, 0.5) is 5.69 Å². The second kappa shape index (κ2) is 7.67. The molecular formula is C13H19ClN2OS. The van der Waals surface area contributed by atoms with Crippen LogP contribution in [0.1, 0.15) is 18.9 Å². The summed E-state index contributed by atoms with van der Waals surface area (Å²) in [7, 11) is 0. The monoisotopic (exact) mass is 286 g/mol. The van der Waals surface area contributed by atoms with Gasteiger partial charge in [0.1, 0.15) is 0 Å². The molecule has 18 heavy (non-hydrogen) atoms. The van der Waals surface area contributed by atoms with E-state index in [2.05, 4.69) is 12.2 Å². The Kier molecular flexibility index (Phi) is 6.54. The number of hydrogen-bond acceptors (Lipinski definition) is 3. The van der Waals surface area contributed by atoms with Crippen LogP contribution in [-0.2, 0) is 4.79 Å². The summed E-state index contributed by atoms with van der Waals surface area (Å²) in [5, 5.41) is 3.94. The Bertz CT molecular complexity index is 412. The highest BCUT2D eigenvalue weighted by molar-refractivity contribution is 8.00. The Morgan fingerprint density at radius 3 is 2.94 bits per heavy atom. The van der Waals surface area contributed by atoms with Gasteiger partial charge in [-0.25, -0.2) is 0 Å². The van der Waals surface area contributed by atoms with Gasteiger partial charge in [0, 0.05) is 16.0 Å². The van der Waals surface area contributed by atoms with Crippen LogP contribution < -0.4 is 11.1 Å². The molecule has 0 aliphatic rings. The van der Waals surface area contributed by atoms with Crippen molar-refractivity contribution in [2.45, 2.75) is 25.5 Å². The highest BCUT2D eigenvalue weighted by Gasteiger charge is 2.09. The van der Waals surface area contributed by atoms with Crippen LogP contribution in [0.15, 0.2) is 18.2 Å². The first kappa shape index (κ1) is 15.3. The fourth-order valence-corrected chi connectivity index (χ4v) is 2.45. The van der Waals surface area contributed by atoms with E-state index in [-0.39, 0.29) is 5.91 Å². The summed E-state index contributed by atoms with van der Waals surface area (Å²) in [5.41, 5.74) is 7.14. The van der Waals surface area contributed by atoms with Gasteiger partial charge in [0.2, 0.25) is 5.91 Å². The fraction of sp³-hybridized carbons (Fsp3) is 0.462. The molecule has 0 bridgehead atoms. The second-order valence-electron chi connectivity index (χ2n) is 4.16. The van der Waals surface area contributed by atoms with E-state index in [0.717, 1.165) is 17.7 Å². The summed E-state index contributed by atoms with van der Waals surface area (Å²) < 4.78 is 0. The molecule has 0 fully saturated rings. The van der Waals surface area contributed by atoms with Crippen LogP contribution in [0, 0.1) is 6.92 Å². The van der Waals surface area contributed by atoms with Crippen molar-refractivity contribution in [2.24, 2.45) is 5.73 Å². The lowest BCUT2D eigenvalue weighted by molar-refractivity contribution is -0.113. The van der Waals surface area contributed by atoms with Gasteiger partial charge in [0.25, 0.3) is 0 Å². The van der Waals surface area contributed by atoms with Gasteiger partial charge >= 0.3 is 0 Å². The van der Waals surface area contributed by atoms with Crippen LogP contribution >= 0.6 is 23.4 Å². The minimum Gasteiger partial charge on any atom is -0.330 e. The number of nitrogens with two attached hydrogens (primary N) is 1. The van der Waals surface area contributed by atoms with Crippen molar-refractivity contribution in [1.82, 2.24) is 0 Å².